The van der Waals surface area contributed by atoms with E-state index in [1.54, 1.807) is 0 Å². The summed E-state index contributed by atoms with van der Waals surface area (Å²) in [4.78, 5) is 2.57. The molecular weight excluding hydrogens is 208 g/mol. The van der Waals surface area contributed by atoms with Crippen molar-refractivity contribution in [1.82, 2.24) is 10.2 Å². The van der Waals surface area contributed by atoms with Gasteiger partial charge in [-0.25, -0.2) is 0 Å². The summed E-state index contributed by atoms with van der Waals surface area (Å²) < 4.78 is 0. The molecule has 1 unspecified atom stereocenters. The molecule has 0 bridgehead atoms. The van der Waals surface area contributed by atoms with Crippen molar-refractivity contribution in [2.24, 2.45) is 11.8 Å². The van der Waals surface area contributed by atoms with Crippen molar-refractivity contribution in [3.8, 4) is 0 Å². The van der Waals surface area contributed by atoms with Gasteiger partial charge in [0.25, 0.3) is 0 Å². The number of nitrogens with one attached hydrogen (secondary N) is 1. The second-order valence-corrected chi connectivity index (χ2v) is 5.65. The normalized spacial score (nSPS) is 21.0. The van der Waals surface area contributed by atoms with Crippen molar-refractivity contribution in [3.05, 3.63) is 0 Å². The molecular formula is C15H32N2. The predicted molar refractivity (Wildman–Crippen MR) is 76.4 cm³/mol. The molecule has 0 aromatic heterocycles. The second kappa shape index (κ2) is 8.10. The number of rotatable bonds is 7. The molecule has 0 saturated carbocycles. The molecule has 1 saturated heterocycles. The van der Waals surface area contributed by atoms with Gasteiger partial charge in [-0.15, -0.1) is 0 Å². The third-order valence-corrected chi connectivity index (χ3v) is 4.67. The van der Waals surface area contributed by atoms with Crippen molar-refractivity contribution < 1.29 is 0 Å². The van der Waals surface area contributed by atoms with Gasteiger partial charge in [-0.1, -0.05) is 33.6 Å². The van der Waals surface area contributed by atoms with Crippen LogP contribution in [0.5, 0.6) is 0 Å². The Balaban J connectivity index is 2.22. The molecule has 0 aliphatic carbocycles. The summed E-state index contributed by atoms with van der Waals surface area (Å²) in [5.74, 6) is 1.76. The number of hydrogen-bond acceptors (Lipinski definition) is 2. The fourth-order valence-electron chi connectivity index (χ4n) is 2.87. The van der Waals surface area contributed by atoms with Crippen LogP contribution in [0.15, 0.2) is 0 Å². The van der Waals surface area contributed by atoms with Gasteiger partial charge in [-0.2, -0.15) is 0 Å². The van der Waals surface area contributed by atoms with E-state index in [2.05, 4.69) is 37.9 Å². The third-order valence-electron chi connectivity index (χ3n) is 4.67. The monoisotopic (exact) mass is 240 g/mol. The summed E-state index contributed by atoms with van der Waals surface area (Å²) in [6.45, 7) is 14.3. The van der Waals surface area contributed by atoms with E-state index >= 15 is 0 Å². The number of nitrogens with zero attached hydrogens (tertiary/aromatic N) is 1. The van der Waals surface area contributed by atoms with Crippen molar-refractivity contribution in [2.45, 2.75) is 59.4 Å². The highest BCUT2D eigenvalue weighted by molar-refractivity contribution is 4.79. The summed E-state index contributed by atoms with van der Waals surface area (Å²) in [7, 11) is 0. The quantitative estimate of drug-likeness (QED) is 0.735. The summed E-state index contributed by atoms with van der Waals surface area (Å²) in [6.07, 6.45) is 5.38. The first kappa shape index (κ1) is 15.0. The molecule has 1 aliphatic rings. The Morgan fingerprint density at radius 2 is 1.71 bits per heavy atom. The Labute approximate surface area is 108 Å². The van der Waals surface area contributed by atoms with Crippen molar-refractivity contribution >= 4 is 0 Å². The molecule has 1 aliphatic heterocycles. The average molecular weight is 240 g/mol. The molecule has 1 atom stereocenters. The van der Waals surface area contributed by atoms with Crippen molar-refractivity contribution in [3.63, 3.8) is 0 Å². The summed E-state index contributed by atoms with van der Waals surface area (Å²) >= 11 is 0. The Kier molecular flexibility index (Phi) is 7.14. The molecule has 0 aromatic rings. The lowest BCUT2D eigenvalue weighted by atomic mass is 9.90. The molecule has 102 valence electrons. The molecule has 17 heavy (non-hydrogen) atoms. The largest absolute Gasteiger partial charge is 0.314 e. The summed E-state index contributed by atoms with van der Waals surface area (Å²) in [5.41, 5.74) is 0. The molecule has 1 heterocycles. The molecule has 0 radical (unpaired) electrons. The minimum atomic E-state index is 0.703. The van der Waals surface area contributed by atoms with Crippen LogP contribution in [0.2, 0.25) is 0 Å². The first-order valence-corrected chi connectivity index (χ1v) is 7.66. The van der Waals surface area contributed by atoms with E-state index in [9.17, 15) is 0 Å². The van der Waals surface area contributed by atoms with E-state index in [0.29, 0.717) is 6.04 Å². The van der Waals surface area contributed by atoms with Gasteiger partial charge in [0.2, 0.25) is 0 Å². The van der Waals surface area contributed by atoms with E-state index in [-0.39, 0.29) is 0 Å². The van der Waals surface area contributed by atoms with E-state index < -0.39 is 0 Å². The van der Waals surface area contributed by atoms with Crippen LogP contribution in [0.4, 0.5) is 0 Å². The molecule has 1 rings (SSSR count). The van der Waals surface area contributed by atoms with Crippen LogP contribution in [-0.2, 0) is 0 Å². The zero-order valence-electron chi connectivity index (χ0n) is 12.3. The lowest BCUT2D eigenvalue weighted by Crippen LogP contribution is -2.43. The van der Waals surface area contributed by atoms with Crippen LogP contribution in [0.25, 0.3) is 0 Å². The first-order valence-electron chi connectivity index (χ1n) is 7.66. The molecule has 1 N–H and O–H groups in total. The van der Waals surface area contributed by atoms with Crippen LogP contribution < -0.4 is 5.32 Å². The molecule has 2 nitrogen and oxygen atoms in total. The molecule has 2 heteroatoms. The maximum atomic E-state index is 3.77. The minimum Gasteiger partial charge on any atom is -0.314 e. The Hall–Kier alpha value is -0.0800. The van der Waals surface area contributed by atoms with Crippen LogP contribution in [-0.4, -0.2) is 37.1 Å². The van der Waals surface area contributed by atoms with Gasteiger partial charge >= 0.3 is 0 Å². The average Bonchev–Trinajstić information content (AvgIpc) is 2.39. The Bertz CT molecular complexity index is 181. The number of likely N-dealkylation sites (tertiary alicyclic amines) is 1. The zero-order valence-corrected chi connectivity index (χ0v) is 12.3. The molecule has 0 amide bonds. The molecule has 1 fully saturated rings. The fraction of sp³-hybridized carbons (Fsp3) is 1.00. The fourth-order valence-corrected chi connectivity index (χ4v) is 2.87. The van der Waals surface area contributed by atoms with Gasteiger partial charge in [0.05, 0.1) is 0 Å². The van der Waals surface area contributed by atoms with Gasteiger partial charge in [-0.3, -0.25) is 0 Å². The number of hydrogen-bond donors (Lipinski definition) is 1. The van der Waals surface area contributed by atoms with Gasteiger partial charge in [0.1, 0.15) is 0 Å². The maximum absolute atomic E-state index is 3.77. The van der Waals surface area contributed by atoms with Crippen molar-refractivity contribution in [2.75, 3.05) is 26.2 Å². The van der Waals surface area contributed by atoms with Gasteiger partial charge in [0, 0.05) is 6.04 Å². The van der Waals surface area contributed by atoms with Crippen LogP contribution in [0.1, 0.15) is 53.4 Å². The summed E-state index contributed by atoms with van der Waals surface area (Å²) in [6, 6.07) is 0.703. The highest BCUT2D eigenvalue weighted by atomic mass is 15.1. The Morgan fingerprint density at radius 1 is 1.12 bits per heavy atom. The second-order valence-electron chi connectivity index (χ2n) is 5.65. The maximum Gasteiger partial charge on any atom is 0.00680 e. The van der Waals surface area contributed by atoms with Gasteiger partial charge in [-0.05, 0) is 57.8 Å². The lowest BCUT2D eigenvalue weighted by Gasteiger charge is -2.35. The smallest absolute Gasteiger partial charge is 0.00680 e. The van der Waals surface area contributed by atoms with Crippen molar-refractivity contribution in [1.29, 1.82) is 0 Å². The molecule has 0 aromatic carbocycles. The van der Waals surface area contributed by atoms with Gasteiger partial charge < -0.3 is 10.2 Å². The van der Waals surface area contributed by atoms with E-state index in [0.717, 1.165) is 11.8 Å². The highest BCUT2D eigenvalue weighted by Gasteiger charge is 2.23. The number of piperidine rings is 1. The van der Waals surface area contributed by atoms with E-state index in [4.69, 9.17) is 0 Å². The van der Waals surface area contributed by atoms with Crippen LogP contribution >= 0.6 is 0 Å². The van der Waals surface area contributed by atoms with Crippen LogP contribution in [0, 0.1) is 11.8 Å². The first-order chi connectivity index (χ1) is 8.21. The predicted octanol–water partition coefficient (Wildman–Crippen LogP) is 3.13. The SMILES string of the molecule is CCC(CC)CNC(C)C1CCN(CC)CC1. The summed E-state index contributed by atoms with van der Waals surface area (Å²) in [5, 5.41) is 3.77. The molecule has 0 spiro atoms. The highest BCUT2D eigenvalue weighted by Crippen LogP contribution is 2.20. The van der Waals surface area contributed by atoms with E-state index in [1.807, 2.05) is 0 Å². The van der Waals surface area contributed by atoms with Gasteiger partial charge in [0.15, 0.2) is 0 Å². The lowest BCUT2D eigenvalue weighted by molar-refractivity contribution is 0.166. The standard InChI is InChI=1S/C15H32N2/c1-5-14(6-2)12-16-13(4)15-8-10-17(7-3)11-9-15/h13-16H,5-12H2,1-4H3. The third kappa shape index (κ3) is 4.97. The van der Waals surface area contributed by atoms with Crippen LogP contribution in [0.3, 0.4) is 0 Å². The topological polar surface area (TPSA) is 15.3 Å². The zero-order chi connectivity index (χ0) is 12.7. The Morgan fingerprint density at radius 3 is 2.18 bits per heavy atom. The minimum absolute atomic E-state index is 0.703. The van der Waals surface area contributed by atoms with E-state index in [1.165, 1.54) is 51.9 Å².